The zero-order valence-electron chi connectivity index (χ0n) is 9.71. The van der Waals surface area contributed by atoms with Gasteiger partial charge in [-0.1, -0.05) is 41.7 Å². The largest absolute Gasteiger partial charge is 0.291 e. The number of sulfone groups is 1. The van der Waals surface area contributed by atoms with Crippen molar-refractivity contribution in [3.05, 3.63) is 33.8 Å². The molecule has 0 saturated carbocycles. The number of rotatable bonds is 4. The molecule has 0 bridgehead atoms. The molecule has 0 spiro atoms. The topological polar surface area (TPSA) is 51.2 Å². The molecule has 0 radical (unpaired) electrons. The monoisotopic (exact) mass is 328 g/mol. The van der Waals surface area contributed by atoms with Crippen molar-refractivity contribution in [2.75, 3.05) is 5.75 Å². The number of hydrogen-bond acceptors (Lipinski definition) is 3. The lowest BCUT2D eigenvalue weighted by Crippen LogP contribution is -2.39. The van der Waals surface area contributed by atoms with Crippen molar-refractivity contribution in [1.29, 1.82) is 0 Å². The standard InChI is InChI=1S/C11H11Cl3O3S/c1-3-18(16,17)11(2,14)10(15)8-5-4-7(12)6-9(8)13/h4-6H,3H2,1-2H3/t11-/m0/s1. The Kier molecular flexibility index (Phi) is 4.70. The molecular formula is C11H11Cl3O3S. The Balaban J connectivity index is 3.31. The minimum atomic E-state index is -3.75. The summed E-state index contributed by atoms with van der Waals surface area (Å²) in [5.74, 6) is -0.989. The van der Waals surface area contributed by atoms with Gasteiger partial charge in [-0.05, 0) is 25.1 Å². The number of carbonyl (C=O) groups excluding carboxylic acids is 1. The highest BCUT2D eigenvalue weighted by Gasteiger charge is 2.44. The van der Waals surface area contributed by atoms with E-state index >= 15 is 0 Å². The van der Waals surface area contributed by atoms with Crippen molar-refractivity contribution in [1.82, 2.24) is 0 Å². The predicted molar refractivity (Wildman–Crippen MR) is 74.5 cm³/mol. The van der Waals surface area contributed by atoms with Crippen LogP contribution < -0.4 is 0 Å². The molecule has 1 aromatic rings. The van der Waals surface area contributed by atoms with Gasteiger partial charge in [0.05, 0.1) is 5.02 Å². The second-order valence-corrected chi connectivity index (χ2v) is 8.22. The summed E-state index contributed by atoms with van der Waals surface area (Å²) in [7, 11) is -3.75. The lowest BCUT2D eigenvalue weighted by Gasteiger charge is -2.20. The Morgan fingerprint density at radius 1 is 1.33 bits per heavy atom. The molecule has 0 heterocycles. The van der Waals surface area contributed by atoms with Crippen LogP contribution in [0.15, 0.2) is 18.2 Å². The van der Waals surface area contributed by atoms with Crippen LogP contribution in [0.5, 0.6) is 0 Å². The number of alkyl halides is 1. The minimum Gasteiger partial charge on any atom is -0.291 e. The van der Waals surface area contributed by atoms with Crippen LogP contribution in [-0.4, -0.2) is 24.2 Å². The van der Waals surface area contributed by atoms with E-state index < -0.39 is 19.8 Å². The minimum absolute atomic E-state index is 0.0376. The van der Waals surface area contributed by atoms with Crippen LogP contribution in [0.1, 0.15) is 24.2 Å². The van der Waals surface area contributed by atoms with Crippen molar-refractivity contribution in [2.45, 2.75) is 18.1 Å². The van der Waals surface area contributed by atoms with Gasteiger partial charge >= 0.3 is 0 Å². The van der Waals surface area contributed by atoms with Gasteiger partial charge in [-0.15, -0.1) is 0 Å². The summed E-state index contributed by atoms with van der Waals surface area (Å²) in [4.78, 5) is 12.2. The SMILES string of the molecule is CCS(=O)(=O)[C@](C)(Cl)C(=O)c1ccc(Cl)cc1Cl. The number of carbonyl (C=O) groups is 1. The summed E-state index contributed by atoms with van der Waals surface area (Å²) in [6, 6.07) is 4.17. The van der Waals surface area contributed by atoms with Gasteiger partial charge in [0, 0.05) is 16.3 Å². The van der Waals surface area contributed by atoms with Crippen LogP contribution >= 0.6 is 34.8 Å². The Morgan fingerprint density at radius 3 is 2.33 bits per heavy atom. The van der Waals surface area contributed by atoms with Crippen molar-refractivity contribution >= 4 is 50.4 Å². The third-order valence-electron chi connectivity index (χ3n) is 2.55. The van der Waals surface area contributed by atoms with Gasteiger partial charge in [-0.25, -0.2) is 8.42 Å². The number of halogens is 3. The molecule has 0 saturated heterocycles. The maximum absolute atomic E-state index is 12.2. The van der Waals surface area contributed by atoms with E-state index in [0.29, 0.717) is 5.02 Å². The second kappa shape index (κ2) is 5.37. The Bertz CT molecular complexity index is 579. The van der Waals surface area contributed by atoms with Gasteiger partial charge in [0.2, 0.25) is 4.21 Å². The molecule has 0 aliphatic rings. The number of benzene rings is 1. The molecule has 18 heavy (non-hydrogen) atoms. The van der Waals surface area contributed by atoms with E-state index in [4.69, 9.17) is 34.8 Å². The maximum atomic E-state index is 12.2. The van der Waals surface area contributed by atoms with Gasteiger partial charge < -0.3 is 0 Å². The Labute approximate surface area is 121 Å². The summed E-state index contributed by atoms with van der Waals surface area (Å²) in [5, 5.41) is 0.428. The summed E-state index contributed by atoms with van der Waals surface area (Å²) < 4.78 is 21.6. The van der Waals surface area contributed by atoms with E-state index in [1.165, 1.54) is 25.1 Å². The molecule has 0 aliphatic carbocycles. The quantitative estimate of drug-likeness (QED) is 0.627. The predicted octanol–water partition coefficient (Wildman–Crippen LogP) is 3.57. The molecule has 0 unspecified atom stereocenters. The van der Waals surface area contributed by atoms with Crippen LogP contribution in [0.2, 0.25) is 10.0 Å². The summed E-state index contributed by atoms with van der Waals surface area (Å²) in [6.07, 6.45) is 0. The molecule has 100 valence electrons. The highest BCUT2D eigenvalue weighted by Crippen LogP contribution is 2.31. The highest BCUT2D eigenvalue weighted by molar-refractivity contribution is 7.95. The van der Waals surface area contributed by atoms with E-state index in [-0.39, 0.29) is 16.3 Å². The van der Waals surface area contributed by atoms with Crippen LogP contribution in [-0.2, 0) is 9.84 Å². The third kappa shape index (κ3) is 2.82. The van der Waals surface area contributed by atoms with Crippen molar-refractivity contribution in [2.24, 2.45) is 0 Å². The molecule has 3 nitrogen and oxygen atoms in total. The van der Waals surface area contributed by atoms with Gasteiger partial charge in [-0.3, -0.25) is 4.79 Å². The zero-order chi connectivity index (χ0) is 14.1. The molecule has 0 fully saturated rings. The molecule has 0 N–H and O–H groups in total. The molecule has 1 atom stereocenters. The number of ketones is 1. The number of hydrogen-bond donors (Lipinski definition) is 0. The van der Waals surface area contributed by atoms with E-state index in [0.717, 1.165) is 6.92 Å². The molecule has 0 aliphatic heterocycles. The van der Waals surface area contributed by atoms with Crippen LogP contribution in [0, 0.1) is 0 Å². The van der Waals surface area contributed by atoms with Crippen LogP contribution in [0.3, 0.4) is 0 Å². The molecule has 0 aromatic heterocycles. The van der Waals surface area contributed by atoms with E-state index in [1.807, 2.05) is 0 Å². The fourth-order valence-corrected chi connectivity index (χ4v) is 3.18. The fraction of sp³-hybridized carbons (Fsp3) is 0.364. The van der Waals surface area contributed by atoms with Crippen LogP contribution in [0.4, 0.5) is 0 Å². The smallest absolute Gasteiger partial charge is 0.205 e. The Morgan fingerprint density at radius 2 is 1.89 bits per heavy atom. The summed E-state index contributed by atoms with van der Waals surface area (Å²) in [6.45, 7) is 2.58. The Hall–Kier alpha value is -0.290. The lowest BCUT2D eigenvalue weighted by molar-refractivity contribution is 0.0978. The van der Waals surface area contributed by atoms with Gasteiger partial charge in [0.25, 0.3) is 0 Å². The number of Topliss-reactive ketones (excluding diaryl/α,β-unsaturated/α-hetero) is 1. The first-order valence-electron chi connectivity index (χ1n) is 5.04. The second-order valence-electron chi connectivity index (χ2n) is 3.77. The lowest BCUT2D eigenvalue weighted by atomic mass is 10.1. The first-order valence-corrected chi connectivity index (χ1v) is 7.83. The molecule has 7 heteroatoms. The maximum Gasteiger partial charge on any atom is 0.205 e. The zero-order valence-corrected chi connectivity index (χ0v) is 12.8. The van der Waals surface area contributed by atoms with Crippen molar-refractivity contribution < 1.29 is 13.2 Å². The van der Waals surface area contributed by atoms with E-state index in [2.05, 4.69) is 0 Å². The summed E-state index contributed by atoms with van der Waals surface area (Å²) in [5.41, 5.74) is 0.0376. The molecular weight excluding hydrogens is 319 g/mol. The van der Waals surface area contributed by atoms with Gasteiger partial charge in [-0.2, -0.15) is 0 Å². The van der Waals surface area contributed by atoms with Gasteiger partial charge in [0.1, 0.15) is 0 Å². The average molecular weight is 330 g/mol. The van der Waals surface area contributed by atoms with E-state index in [1.54, 1.807) is 0 Å². The fourth-order valence-electron chi connectivity index (χ4n) is 1.33. The molecule has 0 amide bonds. The third-order valence-corrected chi connectivity index (χ3v) is 6.08. The molecule has 1 aromatic carbocycles. The summed E-state index contributed by atoms with van der Waals surface area (Å²) >= 11 is 17.5. The van der Waals surface area contributed by atoms with Gasteiger partial charge in [0.15, 0.2) is 15.6 Å². The van der Waals surface area contributed by atoms with Crippen molar-refractivity contribution in [3.8, 4) is 0 Å². The highest BCUT2D eigenvalue weighted by atomic mass is 35.5. The van der Waals surface area contributed by atoms with Crippen molar-refractivity contribution in [3.63, 3.8) is 0 Å². The first-order chi connectivity index (χ1) is 8.13. The first kappa shape index (κ1) is 15.8. The normalized spacial score (nSPS) is 15.2. The average Bonchev–Trinajstić information content (AvgIpc) is 2.28. The molecule has 1 rings (SSSR count). The van der Waals surface area contributed by atoms with Crippen LogP contribution in [0.25, 0.3) is 0 Å². The van der Waals surface area contributed by atoms with E-state index in [9.17, 15) is 13.2 Å².